The SMILES string of the molecule is C=C[C@H](OC)[C@@H](O[Si](C)(C)C(C)(C)C)[C@H](C)/C=C(/C)[C@H](O)[C@H](C)C(=O)CCCC(CC(C)=O)CC(C)=O. The highest BCUT2D eigenvalue weighted by molar-refractivity contribution is 6.74. The van der Waals surface area contributed by atoms with E-state index in [4.69, 9.17) is 9.16 Å². The number of ether oxygens (including phenoxy) is 1. The molecule has 0 bridgehead atoms. The first kappa shape index (κ1) is 35.6. The zero-order valence-corrected chi connectivity index (χ0v) is 26.3. The smallest absolute Gasteiger partial charge is 0.192 e. The van der Waals surface area contributed by atoms with Gasteiger partial charge in [-0.15, -0.1) is 6.58 Å². The lowest BCUT2D eigenvalue weighted by Gasteiger charge is -2.42. The minimum Gasteiger partial charge on any atom is -0.410 e. The number of ketones is 3. The van der Waals surface area contributed by atoms with Crippen molar-refractivity contribution in [1.29, 1.82) is 0 Å². The minimum absolute atomic E-state index is 0.0211. The van der Waals surface area contributed by atoms with E-state index in [0.29, 0.717) is 32.1 Å². The molecule has 0 heterocycles. The molecule has 214 valence electrons. The second-order valence-corrected chi connectivity index (χ2v) is 17.1. The number of rotatable bonds is 18. The lowest BCUT2D eigenvalue weighted by Crippen LogP contribution is -2.49. The molecule has 0 aromatic carbocycles. The molecule has 0 saturated carbocycles. The second-order valence-electron chi connectivity index (χ2n) is 12.3. The molecular weight excluding hydrogens is 484 g/mol. The van der Waals surface area contributed by atoms with Gasteiger partial charge in [-0.05, 0) is 63.2 Å². The zero-order chi connectivity index (χ0) is 29.1. The van der Waals surface area contributed by atoms with E-state index in [9.17, 15) is 19.5 Å². The second kappa shape index (κ2) is 15.9. The van der Waals surface area contributed by atoms with Gasteiger partial charge in [-0.25, -0.2) is 0 Å². The number of methoxy groups -OCH3 is 1. The number of Topliss-reactive ketones (excluding diaryl/α,β-unsaturated/α-hetero) is 3. The van der Waals surface area contributed by atoms with Crippen molar-refractivity contribution in [2.45, 2.75) is 124 Å². The molecule has 0 aliphatic carbocycles. The summed E-state index contributed by atoms with van der Waals surface area (Å²) >= 11 is 0. The molecule has 0 aromatic heterocycles. The molecule has 0 amide bonds. The normalized spacial score (nSPS) is 17.2. The van der Waals surface area contributed by atoms with Gasteiger partial charge in [-0.1, -0.05) is 46.8 Å². The van der Waals surface area contributed by atoms with Crippen LogP contribution in [0.1, 0.15) is 87.5 Å². The fourth-order valence-corrected chi connectivity index (χ4v) is 5.80. The molecule has 0 aliphatic rings. The molecular formula is C30H54O6Si. The van der Waals surface area contributed by atoms with Crippen LogP contribution < -0.4 is 0 Å². The summed E-state index contributed by atoms with van der Waals surface area (Å²) < 4.78 is 12.4. The van der Waals surface area contributed by atoms with Gasteiger partial charge in [0.1, 0.15) is 23.5 Å². The van der Waals surface area contributed by atoms with Crippen LogP contribution in [0, 0.1) is 17.8 Å². The van der Waals surface area contributed by atoms with Crippen molar-refractivity contribution < 1.29 is 28.7 Å². The van der Waals surface area contributed by atoms with Crippen molar-refractivity contribution in [3.63, 3.8) is 0 Å². The van der Waals surface area contributed by atoms with Crippen molar-refractivity contribution in [2.75, 3.05) is 7.11 Å². The Labute approximate surface area is 227 Å². The van der Waals surface area contributed by atoms with E-state index < -0.39 is 20.3 Å². The van der Waals surface area contributed by atoms with Crippen LogP contribution in [-0.4, -0.2) is 56.2 Å². The Hall–Kier alpha value is -1.41. The summed E-state index contributed by atoms with van der Waals surface area (Å²) in [4.78, 5) is 35.9. The number of hydrogen-bond acceptors (Lipinski definition) is 6. The zero-order valence-electron chi connectivity index (χ0n) is 25.3. The largest absolute Gasteiger partial charge is 0.410 e. The van der Waals surface area contributed by atoms with Crippen molar-refractivity contribution >= 4 is 25.7 Å². The number of carbonyl (C=O) groups excluding carboxylic acids is 3. The Morgan fingerprint density at radius 1 is 1.03 bits per heavy atom. The maximum absolute atomic E-state index is 12.9. The highest BCUT2D eigenvalue weighted by Crippen LogP contribution is 2.39. The van der Waals surface area contributed by atoms with Crippen LogP contribution in [0.2, 0.25) is 18.1 Å². The molecule has 7 heteroatoms. The molecule has 37 heavy (non-hydrogen) atoms. The third-order valence-electron chi connectivity index (χ3n) is 7.74. The molecule has 6 nitrogen and oxygen atoms in total. The maximum atomic E-state index is 12.9. The van der Waals surface area contributed by atoms with Crippen molar-refractivity contribution in [3.05, 3.63) is 24.3 Å². The van der Waals surface area contributed by atoms with Crippen LogP contribution >= 0.6 is 0 Å². The number of aliphatic hydroxyl groups excluding tert-OH is 1. The molecule has 0 spiro atoms. The Kier molecular flexibility index (Phi) is 15.3. The fourth-order valence-electron chi connectivity index (χ4n) is 4.42. The summed E-state index contributed by atoms with van der Waals surface area (Å²) in [6.45, 7) is 23.6. The van der Waals surface area contributed by atoms with Crippen molar-refractivity contribution in [1.82, 2.24) is 0 Å². The first-order valence-electron chi connectivity index (χ1n) is 13.6. The van der Waals surface area contributed by atoms with Crippen LogP contribution in [0.25, 0.3) is 0 Å². The van der Waals surface area contributed by atoms with Gasteiger partial charge in [0.2, 0.25) is 0 Å². The van der Waals surface area contributed by atoms with E-state index in [1.165, 1.54) is 13.8 Å². The Balaban J connectivity index is 5.42. The van der Waals surface area contributed by atoms with Gasteiger partial charge in [0, 0.05) is 38.2 Å². The molecule has 0 saturated heterocycles. The maximum Gasteiger partial charge on any atom is 0.192 e. The Morgan fingerprint density at radius 2 is 1.54 bits per heavy atom. The van der Waals surface area contributed by atoms with Crippen molar-refractivity contribution in [2.24, 2.45) is 17.8 Å². The predicted octanol–water partition coefficient (Wildman–Crippen LogP) is 6.47. The van der Waals surface area contributed by atoms with Crippen LogP contribution in [0.5, 0.6) is 0 Å². The van der Waals surface area contributed by atoms with Gasteiger partial charge < -0.3 is 23.9 Å². The van der Waals surface area contributed by atoms with Gasteiger partial charge in [-0.2, -0.15) is 0 Å². The average molecular weight is 539 g/mol. The first-order valence-corrected chi connectivity index (χ1v) is 16.5. The van der Waals surface area contributed by atoms with Crippen LogP contribution in [0.3, 0.4) is 0 Å². The lowest BCUT2D eigenvalue weighted by atomic mass is 9.87. The molecule has 0 unspecified atom stereocenters. The molecule has 5 atom stereocenters. The first-order chi connectivity index (χ1) is 16.9. The topological polar surface area (TPSA) is 89.9 Å². The summed E-state index contributed by atoms with van der Waals surface area (Å²) in [5, 5.41) is 11.0. The lowest BCUT2D eigenvalue weighted by molar-refractivity contribution is -0.125. The van der Waals surface area contributed by atoms with E-state index in [2.05, 4.69) is 40.4 Å². The van der Waals surface area contributed by atoms with Gasteiger partial charge >= 0.3 is 0 Å². The van der Waals surface area contributed by atoms with Gasteiger partial charge in [0.15, 0.2) is 8.32 Å². The average Bonchev–Trinajstić information content (AvgIpc) is 2.76. The van der Waals surface area contributed by atoms with E-state index in [1.54, 1.807) is 20.1 Å². The molecule has 0 rings (SSSR count). The van der Waals surface area contributed by atoms with Crippen LogP contribution in [0.15, 0.2) is 24.3 Å². The monoisotopic (exact) mass is 538 g/mol. The van der Waals surface area contributed by atoms with E-state index in [0.717, 1.165) is 5.57 Å². The van der Waals surface area contributed by atoms with Gasteiger partial charge in [-0.3, -0.25) is 4.79 Å². The predicted molar refractivity (Wildman–Crippen MR) is 154 cm³/mol. The van der Waals surface area contributed by atoms with Crippen LogP contribution in [-0.2, 0) is 23.5 Å². The van der Waals surface area contributed by atoms with E-state index in [1.807, 2.05) is 19.9 Å². The van der Waals surface area contributed by atoms with Crippen molar-refractivity contribution in [3.8, 4) is 0 Å². The van der Waals surface area contributed by atoms with Gasteiger partial charge in [0.05, 0.1) is 12.2 Å². The minimum atomic E-state index is -2.11. The molecule has 0 radical (unpaired) electrons. The Bertz CT molecular complexity index is 778. The summed E-state index contributed by atoms with van der Waals surface area (Å²) in [7, 11) is -0.462. The fraction of sp³-hybridized carbons (Fsp3) is 0.767. The highest BCUT2D eigenvalue weighted by atomic mass is 28.4. The molecule has 0 fully saturated rings. The molecule has 1 N–H and O–H groups in total. The summed E-state index contributed by atoms with van der Waals surface area (Å²) in [5.74, 6) is -0.569. The molecule has 0 aromatic rings. The van der Waals surface area contributed by atoms with E-state index >= 15 is 0 Å². The number of carbonyl (C=O) groups is 3. The Morgan fingerprint density at radius 3 is 1.95 bits per heavy atom. The van der Waals surface area contributed by atoms with Crippen LogP contribution in [0.4, 0.5) is 0 Å². The molecule has 0 aliphatic heterocycles. The third kappa shape index (κ3) is 12.3. The number of aliphatic hydroxyl groups is 1. The summed E-state index contributed by atoms with van der Waals surface area (Å²) in [6, 6.07) is 0. The van der Waals surface area contributed by atoms with E-state index in [-0.39, 0.29) is 46.4 Å². The summed E-state index contributed by atoms with van der Waals surface area (Å²) in [5.41, 5.74) is 0.724. The quantitative estimate of drug-likeness (QED) is 0.159. The van der Waals surface area contributed by atoms with Gasteiger partial charge in [0.25, 0.3) is 0 Å². The third-order valence-corrected chi connectivity index (χ3v) is 12.2. The number of hydrogen-bond donors (Lipinski definition) is 1. The highest BCUT2D eigenvalue weighted by Gasteiger charge is 2.41. The summed E-state index contributed by atoms with van der Waals surface area (Å²) in [6.07, 6.45) is 4.53. The standard InChI is InChI=1S/C30H54O6Si/c1-13-27(35-10)29(36-37(11,12)30(7,8)9)21(3)17-20(2)28(34)24(6)26(33)16-14-15-25(18-22(4)31)19-23(5)32/h13,17,21,24-25,27-29,34H,1,14-16,18-19H2,2-12H3/b20-17-/t21-,24-,27+,28+,29+/m1/s1.